The summed E-state index contributed by atoms with van der Waals surface area (Å²) in [6.45, 7) is 9.10. The summed E-state index contributed by atoms with van der Waals surface area (Å²) < 4.78 is 0. The number of carbonyl (C=O) groups excluding carboxylic acids is 2. The smallest absolute Gasteiger partial charge is 0.255 e. The van der Waals surface area contributed by atoms with Crippen LogP contribution < -0.4 is 10.6 Å². The average Bonchev–Trinajstić information content (AvgIpc) is 2.91. The van der Waals surface area contributed by atoms with Crippen LogP contribution in [0.3, 0.4) is 0 Å². The van der Waals surface area contributed by atoms with Crippen molar-refractivity contribution in [3.8, 4) is 0 Å². The van der Waals surface area contributed by atoms with Crippen LogP contribution in [0.15, 0.2) is 78.9 Å². The van der Waals surface area contributed by atoms with E-state index in [-0.39, 0.29) is 17.9 Å². The summed E-state index contributed by atoms with van der Waals surface area (Å²) in [5.74, 6) is -0.0633. The van der Waals surface area contributed by atoms with Crippen molar-refractivity contribution in [3.05, 3.63) is 101 Å². The summed E-state index contributed by atoms with van der Waals surface area (Å²) in [5, 5.41) is 6.47. The number of anilines is 1. The van der Waals surface area contributed by atoms with Crippen LogP contribution in [0.25, 0.3) is 0 Å². The van der Waals surface area contributed by atoms with E-state index in [0.29, 0.717) is 24.2 Å². The third kappa shape index (κ3) is 5.96. The van der Waals surface area contributed by atoms with Crippen molar-refractivity contribution < 1.29 is 9.59 Å². The molecule has 1 unspecified atom stereocenters. The number of nitrogens with one attached hydrogen (secondary N) is 2. The zero-order valence-electron chi connectivity index (χ0n) is 20.5. The molecule has 3 aromatic carbocycles. The van der Waals surface area contributed by atoms with Crippen molar-refractivity contribution in [2.45, 2.75) is 19.9 Å². The van der Waals surface area contributed by atoms with E-state index in [0.717, 1.165) is 43.0 Å². The molecule has 4 rings (SSSR count). The third-order valence-electron chi connectivity index (χ3n) is 6.54. The molecule has 1 fully saturated rings. The van der Waals surface area contributed by atoms with E-state index in [2.05, 4.69) is 39.8 Å². The molecule has 0 saturated carbocycles. The minimum atomic E-state index is -0.124. The highest BCUT2D eigenvalue weighted by Gasteiger charge is 2.25. The minimum absolute atomic E-state index is 0.0308. The van der Waals surface area contributed by atoms with Gasteiger partial charge in [0.2, 0.25) is 0 Å². The predicted octanol–water partition coefficient (Wildman–Crippen LogP) is 4.42. The van der Waals surface area contributed by atoms with Gasteiger partial charge in [-0.05, 0) is 61.4 Å². The van der Waals surface area contributed by atoms with Crippen LogP contribution in [0.1, 0.15) is 51.7 Å². The summed E-state index contributed by atoms with van der Waals surface area (Å²) >= 11 is 0. The Morgan fingerprint density at radius 1 is 0.857 bits per heavy atom. The third-order valence-corrected chi connectivity index (χ3v) is 6.54. The summed E-state index contributed by atoms with van der Waals surface area (Å²) in [7, 11) is 0. The lowest BCUT2D eigenvalue weighted by atomic mass is 9.95. The molecule has 0 aromatic heterocycles. The topological polar surface area (TPSA) is 64.7 Å². The number of piperazine rings is 1. The molecule has 0 spiro atoms. The van der Waals surface area contributed by atoms with Gasteiger partial charge >= 0.3 is 0 Å². The molecule has 3 aromatic rings. The maximum Gasteiger partial charge on any atom is 0.255 e. The summed E-state index contributed by atoms with van der Waals surface area (Å²) in [6.07, 6.45) is 0. The van der Waals surface area contributed by atoms with Crippen molar-refractivity contribution in [3.63, 3.8) is 0 Å². The van der Waals surface area contributed by atoms with E-state index in [1.165, 1.54) is 0 Å². The molecule has 0 bridgehead atoms. The van der Waals surface area contributed by atoms with Gasteiger partial charge in [-0.3, -0.25) is 14.5 Å². The van der Waals surface area contributed by atoms with E-state index in [9.17, 15) is 9.59 Å². The molecule has 1 atom stereocenters. The Hall–Kier alpha value is -3.48. The highest BCUT2D eigenvalue weighted by molar-refractivity contribution is 6.04. The fourth-order valence-electron chi connectivity index (χ4n) is 4.64. The first-order chi connectivity index (χ1) is 17.1. The summed E-state index contributed by atoms with van der Waals surface area (Å²) in [4.78, 5) is 29.8. The molecule has 0 radical (unpaired) electrons. The van der Waals surface area contributed by atoms with Crippen LogP contribution in [-0.4, -0.2) is 60.9 Å². The minimum Gasteiger partial charge on any atom is -0.339 e. The Labute approximate surface area is 207 Å². The number of amides is 2. The van der Waals surface area contributed by atoms with Crippen molar-refractivity contribution in [1.29, 1.82) is 0 Å². The maximum atomic E-state index is 12.8. The molecule has 1 aliphatic rings. The average molecular weight is 471 g/mol. The number of hydrogen-bond acceptors (Lipinski definition) is 4. The lowest BCUT2D eigenvalue weighted by Gasteiger charge is -2.36. The van der Waals surface area contributed by atoms with E-state index < -0.39 is 0 Å². The van der Waals surface area contributed by atoms with E-state index >= 15 is 0 Å². The van der Waals surface area contributed by atoms with Crippen molar-refractivity contribution in [2.75, 3.05) is 44.6 Å². The Kier molecular flexibility index (Phi) is 8.29. The second-order valence-corrected chi connectivity index (χ2v) is 8.73. The van der Waals surface area contributed by atoms with Gasteiger partial charge < -0.3 is 15.5 Å². The SMILES string of the molecule is CCN(CC)C(=O)c1ccc(C(c2cccc(NC(=O)c3ccccc3)c2)N2CCNCC2)cc1. The van der Waals surface area contributed by atoms with Crippen molar-refractivity contribution in [1.82, 2.24) is 15.1 Å². The molecule has 1 saturated heterocycles. The van der Waals surface area contributed by atoms with Gasteiger partial charge in [0.15, 0.2) is 0 Å². The van der Waals surface area contributed by atoms with Crippen LogP contribution in [0.4, 0.5) is 5.69 Å². The first kappa shape index (κ1) is 24.6. The quantitative estimate of drug-likeness (QED) is 0.512. The fraction of sp³-hybridized carbons (Fsp3) is 0.310. The normalized spacial score (nSPS) is 14.8. The van der Waals surface area contributed by atoms with E-state index in [4.69, 9.17) is 0 Å². The zero-order chi connectivity index (χ0) is 24.6. The fourth-order valence-corrected chi connectivity index (χ4v) is 4.64. The predicted molar refractivity (Wildman–Crippen MR) is 141 cm³/mol. The number of rotatable bonds is 8. The maximum absolute atomic E-state index is 12.8. The molecule has 6 nitrogen and oxygen atoms in total. The van der Waals surface area contributed by atoms with Gasteiger partial charge in [0.05, 0.1) is 6.04 Å². The standard InChI is InChI=1S/C29H34N4O2/c1-3-32(4-2)29(35)24-15-13-22(14-16-24)27(33-19-17-30-18-20-33)25-11-8-12-26(21-25)31-28(34)23-9-6-5-7-10-23/h5-16,21,27,30H,3-4,17-20H2,1-2H3,(H,31,34). The Bertz CT molecular complexity index is 1120. The molecule has 35 heavy (non-hydrogen) atoms. The zero-order valence-corrected chi connectivity index (χ0v) is 20.5. The molecule has 182 valence electrons. The highest BCUT2D eigenvalue weighted by atomic mass is 16.2. The molecule has 2 N–H and O–H groups in total. The van der Waals surface area contributed by atoms with Crippen molar-refractivity contribution in [2.24, 2.45) is 0 Å². The van der Waals surface area contributed by atoms with Gasteiger partial charge in [0, 0.05) is 56.1 Å². The van der Waals surface area contributed by atoms with E-state index in [1.54, 1.807) is 0 Å². The largest absolute Gasteiger partial charge is 0.339 e. The van der Waals surface area contributed by atoms with Gasteiger partial charge in [-0.15, -0.1) is 0 Å². The van der Waals surface area contributed by atoms with Gasteiger partial charge in [0.25, 0.3) is 11.8 Å². The molecule has 0 aliphatic carbocycles. The monoisotopic (exact) mass is 470 g/mol. The van der Waals surface area contributed by atoms with Crippen LogP contribution in [0.5, 0.6) is 0 Å². The molecule has 1 heterocycles. The second kappa shape index (κ2) is 11.8. The summed E-state index contributed by atoms with van der Waals surface area (Å²) in [5.41, 5.74) is 4.35. The first-order valence-electron chi connectivity index (χ1n) is 12.4. The molecule has 6 heteroatoms. The second-order valence-electron chi connectivity index (χ2n) is 8.73. The summed E-state index contributed by atoms with van der Waals surface area (Å²) in [6, 6.07) is 25.4. The van der Waals surface area contributed by atoms with E-state index in [1.807, 2.05) is 73.3 Å². The lowest BCUT2D eigenvalue weighted by Crippen LogP contribution is -2.45. The lowest BCUT2D eigenvalue weighted by molar-refractivity contribution is 0.0772. The Balaban J connectivity index is 1.62. The Morgan fingerprint density at radius 2 is 1.54 bits per heavy atom. The van der Waals surface area contributed by atoms with Crippen LogP contribution in [0, 0.1) is 0 Å². The number of carbonyl (C=O) groups is 2. The van der Waals surface area contributed by atoms with Crippen LogP contribution >= 0.6 is 0 Å². The van der Waals surface area contributed by atoms with Gasteiger partial charge in [-0.2, -0.15) is 0 Å². The highest BCUT2D eigenvalue weighted by Crippen LogP contribution is 2.31. The molecule has 1 aliphatic heterocycles. The van der Waals surface area contributed by atoms with Crippen LogP contribution in [-0.2, 0) is 0 Å². The van der Waals surface area contributed by atoms with Gasteiger partial charge in [-0.25, -0.2) is 0 Å². The molecule has 2 amide bonds. The number of nitrogens with zero attached hydrogens (tertiary/aromatic N) is 2. The van der Waals surface area contributed by atoms with Gasteiger partial charge in [0.1, 0.15) is 0 Å². The Morgan fingerprint density at radius 3 is 2.20 bits per heavy atom. The molecular formula is C29H34N4O2. The first-order valence-corrected chi connectivity index (χ1v) is 12.4. The number of benzene rings is 3. The van der Waals surface area contributed by atoms with Gasteiger partial charge in [-0.1, -0.05) is 42.5 Å². The molecular weight excluding hydrogens is 436 g/mol. The van der Waals surface area contributed by atoms with Crippen LogP contribution in [0.2, 0.25) is 0 Å². The number of hydrogen-bond donors (Lipinski definition) is 2. The van der Waals surface area contributed by atoms with Crippen molar-refractivity contribution >= 4 is 17.5 Å².